The molecule has 2 aromatic rings. The van der Waals surface area contributed by atoms with Crippen molar-refractivity contribution in [1.29, 1.82) is 0 Å². The number of carbonyl (C=O) groups excluding carboxylic acids is 3. The SMILES string of the molecule is CCOC(=O)C1(C2CCOCC2)CCN(C(=O)[C@@H](Cc2ccc(Cl)cc2)NC(=O)CCc2ccccc2CN)CC1. The summed E-state index contributed by atoms with van der Waals surface area (Å²) in [5, 5.41) is 3.62. The molecule has 9 heteroatoms. The van der Waals surface area contributed by atoms with Gasteiger partial charge < -0.3 is 25.4 Å². The van der Waals surface area contributed by atoms with Crippen molar-refractivity contribution in [2.75, 3.05) is 32.9 Å². The number of nitrogens with zero attached hydrogens (tertiary/aromatic N) is 1. The molecule has 1 atom stereocenters. The monoisotopic (exact) mass is 583 g/mol. The molecule has 2 aliphatic heterocycles. The fourth-order valence-electron chi connectivity index (χ4n) is 6.22. The number of likely N-dealkylation sites (tertiary alicyclic amines) is 1. The van der Waals surface area contributed by atoms with E-state index in [0.717, 1.165) is 29.5 Å². The Morgan fingerprint density at radius 2 is 1.73 bits per heavy atom. The summed E-state index contributed by atoms with van der Waals surface area (Å²) in [6.45, 7) is 4.71. The summed E-state index contributed by atoms with van der Waals surface area (Å²) in [6.07, 6.45) is 3.85. The summed E-state index contributed by atoms with van der Waals surface area (Å²) >= 11 is 6.08. The van der Waals surface area contributed by atoms with Gasteiger partial charge in [0.05, 0.1) is 12.0 Å². The molecular formula is C32H42ClN3O5. The smallest absolute Gasteiger partial charge is 0.312 e. The fraction of sp³-hybridized carbons (Fsp3) is 0.531. The zero-order valence-electron chi connectivity index (χ0n) is 23.9. The van der Waals surface area contributed by atoms with Crippen LogP contribution in [0.2, 0.25) is 5.02 Å². The van der Waals surface area contributed by atoms with E-state index in [1.807, 2.05) is 43.3 Å². The van der Waals surface area contributed by atoms with Crippen molar-refractivity contribution in [2.24, 2.45) is 17.1 Å². The van der Waals surface area contributed by atoms with Crippen LogP contribution in [0.4, 0.5) is 0 Å². The molecule has 2 heterocycles. The zero-order chi connectivity index (χ0) is 29.2. The lowest BCUT2D eigenvalue weighted by atomic mass is 9.65. The van der Waals surface area contributed by atoms with E-state index in [1.165, 1.54) is 0 Å². The van der Waals surface area contributed by atoms with E-state index in [0.29, 0.717) is 70.2 Å². The quantitative estimate of drug-likeness (QED) is 0.386. The van der Waals surface area contributed by atoms with E-state index in [9.17, 15) is 14.4 Å². The molecule has 0 aromatic heterocycles. The standard InChI is InChI=1S/C32H42ClN3O5/c1-2-41-31(39)32(26-13-19-40-20-14-26)15-17-36(18-16-32)30(38)28(21-23-7-10-27(33)11-8-23)35-29(37)12-9-24-5-3-4-6-25(24)22-34/h3-8,10-11,26,28H,2,9,12-22,34H2,1H3,(H,35,37)/t28-/m1/s1. The molecule has 0 bridgehead atoms. The molecule has 0 spiro atoms. The van der Waals surface area contributed by atoms with E-state index in [2.05, 4.69) is 5.32 Å². The lowest BCUT2D eigenvalue weighted by Crippen LogP contribution is -2.56. The molecule has 8 nitrogen and oxygen atoms in total. The van der Waals surface area contributed by atoms with Gasteiger partial charge >= 0.3 is 5.97 Å². The van der Waals surface area contributed by atoms with Gasteiger partial charge in [-0.25, -0.2) is 0 Å². The normalized spacial score (nSPS) is 18.0. The summed E-state index contributed by atoms with van der Waals surface area (Å²) < 4.78 is 11.1. The van der Waals surface area contributed by atoms with Gasteiger partial charge in [-0.1, -0.05) is 48.0 Å². The molecule has 0 aliphatic carbocycles. The van der Waals surface area contributed by atoms with Gasteiger partial charge in [-0.15, -0.1) is 0 Å². The molecule has 2 aliphatic rings. The van der Waals surface area contributed by atoms with Gasteiger partial charge in [0.1, 0.15) is 6.04 Å². The minimum atomic E-state index is -0.730. The molecule has 0 saturated carbocycles. The number of nitrogens with one attached hydrogen (secondary N) is 1. The lowest BCUT2D eigenvalue weighted by molar-refractivity contribution is -0.168. The van der Waals surface area contributed by atoms with Crippen LogP contribution in [0.3, 0.4) is 0 Å². The predicted molar refractivity (Wildman–Crippen MR) is 158 cm³/mol. The van der Waals surface area contributed by atoms with Gasteiger partial charge in [-0.3, -0.25) is 14.4 Å². The summed E-state index contributed by atoms with van der Waals surface area (Å²) in [5.41, 5.74) is 8.20. The van der Waals surface area contributed by atoms with Crippen molar-refractivity contribution in [2.45, 2.75) is 64.5 Å². The second kappa shape index (κ2) is 14.8. The maximum atomic E-state index is 13.9. The minimum Gasteiger partial charge on any atom is -0.466 e. The molecule has 4 rings (SSSR count). The summed E-state index contributed by atoms with van der Waals surface area (Å²) in [7, 11) is 0. The molecule has 2 saturated heterocycles. The van der Waals surface area contributed by atoms with Crippen molar-refractivity contribution >= 4 is 29.4 Å². The Morgan fingerprint density at radius 3 is 2.37 bits per heavy atom. The second-order valence-corrected chi connectivity index (χ2v) is 11.4. The van der Waals surface area contributed by atoms with Gasteiger partial charge in [-0.05, 0) is 73.8 Å². The van der Waals surface area contributed by atoms with Gasteiger partial charge in [0, 0.05) is 50.7 Å². The average Bonchev–Trinajstić information content (AvgIpc) is 3.01. The number of benzene rings is 2. The number of hydrogen-bond acceptors (Lipinski definition) is 6. The molecule has 41 heavy (non-hydrogen) atoms. The third-order valence-corrected chi connectivity index (χ3v) is 8.85. The first-order chi connectivity index (χ1) is 19.9. The number of nitrogens with two attached hydrogens (primary N) is 1. The number of halogens is 1. The van der Waals surface area contributed by atoms with Gasteiger partial charge in [-0.2, -0.15) is 0 Å². The highest BCUT2D eigenvalue weighted by Gasteiger charge is 2.49. The number of piperidine rings is 1. The van der Waals surface area contributed by atoms with Crippen LogP contribution < -0.4 is 11.1 Å². The third-order valence-electron chi connectivity index (χ3n) is 8.60. The van der Waals surface area contributed by atoms with Crippen molar-refractivity contribution in [3.8, 4) is 0 Å². The van der Waals surface area contributed by atoms with Crippen LogP contribution in [-0.4, -0.2) is 61.6 Å². The van der Waals surface area contributed by atoms with E-state index < -0.39 is 11.5 Å². The van der Waals surface area contributed by atoms with Crippen LogP contribution in [0.1, 0.15) is 55.7 Å². The number of rotatable bonds is 11. The highest BCUT2D eigenvalue weighted by molar-refractivity contribution is 6.30. The maximum Gasteiger partial charge on any atom is 0.312 e. The van der Waals surface area contributed by atoms with Crippen LogP contribution in [-0.2, 0) is 43.2 Å². The first-order valence-corrected chi connectivity index (χ1v) is 15.1. The molecule has 2 amide bonds. The first-order valence-electron chi connectivity index (χ1n) is 14.7. The number of esters is 1. The zero-order valence-corrected chi connectivity index (χ0v) is 24.7. The lowest BCUT2D eigenvalue weighted by Gasteiger charge is -2.46. The molecule has 222 valence electrons. The average molecular weight is 584 g/mol. The van der Waals surface area contributed by atoms with Crippen molar-refractivity contribution < 1.29 is 23.9 Å². The first kappa shape index (κ1) is 31.0. The largest absolute Gasteiger partial charge is 0.466 e. The topological polar surface area (TPSA) is 111 Å². The molecule has 0 unspecified atom stereocenters. The Kier molecular flexibility index (Phi) is 11.2. The van der Waals surface area contributed by atoms with Crippen LogP contribution >= 0.6 is 11.6 Å². The van der Waals surface area contributed by atoms with Gasteiger partial charge in [0.2, 0.25) is 11.8 Å². The number of hydrogen-bond donors (Lipinski definition) is 2. The number of aryl methyl sites for hydroxylation is 1. The fourth-order valence-corrected chi connectivity index (χ4v) is 6.35. The van der Waals surface area contributed by atoms with Crippen LogP contribution in [0.5, 0.6) is 0 Å². The van der Waals surface area contributed by atoms with Crippen molar-refractivity contribution in [1.82, 2.24) is 10.2 Å². The highest BCUT2D eigenvalue weighted by Crippen LogP contribution is 2.45. The summed E-state index contributed by atoms with van der Waals surface area (Å²) in [6, 6.07) is 14.4. The summed E-state index contributed by atoms with van der Waals surface area (Å²) in [4.78, 5) is 42.0. The van der Waals surface area contributed by atoms with Gasteiger partial charge in [0.25, 0.3) is 0 Å². The maximum absolute atomic E-state index is 13.9. The van der Waals surface area contributed by atoms with Crippen molar-refractivity contribution in [3.05, 3.63) is 70.2 Å². The second-order valence-electron chi connectivity index (χ2n) is 11.0. The predicted octanol–water partition coefficient (Wildman–Crippen LogP) is 4.06. The third kappa shape index (κ3) is 7.87. The van der Waals surface area contributed by atoms with E-state index in [4.69, 9.17) is 26.8 Å². The van der Waals surface area contributed by atoms with E-state index in [-0.39, 0.29) is 30.1 Å². The Hall–Kier alpha value is -2.94. The summed E-state index contributed by atoms with van der Waals surface area (Å²) in [5.74, 6) is -0.319. The Balaban J connectivity index is 1.46. The van der Waals surface area contributed by atoms with Crippen molar-refractivity contribution in [3.63, 3.8) is 0 Å². The Bertz CT molecular complexity index is 1170. The van der Waals surface area contributed by atoms with E-state index >= 15 is 0 Å². The number of ether oxygens (including phenoxy) is 2. The molecule has 0 radical (unpaired) electrons. The molecule has 3 N–H and O–H groups in total. The highest BCUT2D eigenvalue weighted by atomic mass is 35.5. The Morgan fingerprint density at radius 1 is 1.07 bits per heavy atom. The van der Waals surface area contributed by atoms with E-state index in [1.54, 1.807) is 17.0 Å². The number of carbonyl (C=O) groups is 3. The van der Waals surface area contributed by atoms with Crippen LogP contribution in [0.25, 0.3) is 0 Å². The van der Waals surface area contributed by atoms with Gasteiger partial charge in [0.15, 0.2) is 0 Å². The molecular weight excluding hydrogens is 542 g/mol. The molecule has 2 aromatic carbocycles. The number of amides is 2. The minimum absolute atomic E-state index is 0.139. The van der Waals surface area contributed by atoms with Crippen LogP contribution in [0.15, 0.2) is 48.5 Å². The molecule has 2 fully saturated rings. The Labute approximate surface area is 247 Å². The van der Waals surface area contributed by atoms with Crippen LogP contribution in [0, 0.1) is 11.3 Å².